The predicted molar refractivity (Wildman–Crippen MR) is 103 cm³/mol. The van der Waals surface area contributed by atoms with E-state index in [4.69, 9.17) is 45.4 Å². The van der Waals surface area contributed by atoms with Crippen molar-refractivity contribution in [1.82, 2.24) is 14.9 Å². The van der Waals surface area contributed by atoms with Crippen molar-refractivity contribution in [1.29, 1.82) is 0 Å². The zero-order valence-electron chi connectivity index (χ0n) is 16.8. The lowest BCUT2D eigenvalue weighted by atomic mass is 10.1. The van der Waals surface area contributed by atoms with Crippen LogP contribution in [0.4, 0.5) is 0 Å². The number of imidazole rings is 1. The minimum atomic E-state index is -0.743. The van der Waals surface area contributed by atoms with Gasteiger partial charge in [-0.15, -0.1) is 0 Å². The topological polar surface area (TPSA) is 112 Å². The second-order valence-electron chi connectivity index (χ2n) is 6.16. The molecule has 1 aliphatic rings. The van der Waals surface area contributed by atoms with Gasteiger partial charge in [0, 0.05) is 40.6 Å². The Hall–Kier alpha value is -1.67. The molecule has 1 aromatic rings. The summed E-state index contributed by atoms with van der Waals surface area (Å²) in [6, 6.07) is -0.646. The van der Waals surface area contributed by atoms with E-state index in [9.17, 15) is 4.79 Å². The molecule has 0 spiro atoms. The highest BCUT2D eigenvalue weighted by molar-refractivity contribution is 7.80. The molecule has 11 nitrogen and oxygen atoms in total. The van der Waals surface area contributed by atoms with E-state index in [0.717, 1.165) is 0 Å². The van der Waals surface area contributed by atoms with Crippen LogP contribution >= 0.6 is 12.2 Å². The van der Waals surface area contributed by atoms with Crippen LogP contribution in [0.25, 0.3) is 0 Å². The Morgan fingerprint density at radius 1 is 1.00 bits per heavy atom. The van der Waals surface area contributed by atoms with Crippen LogP contribution < -0.4 is 5.32 Å². The number of methoxy groups -OCH3 is 3. The maximum atomic E-state index is 11.9. The van der Waals surface area contributed by atoms with Crippen LogP contribution in [0.3, 0.4) is 0 Å². The van der Waals surface area contributed by atoms with Gasteiger partial charge in [0.05, 0.1) is 6.04 Å². The number of nitrogens with one attached hydrogen (secondary N) is 1. The van der Waals surface area contributed by atoms with Gasteiger partial charge in [0.2, 0.25) is 5.91 Å². The Morgan fingerprint density at radius 3 is 2.03 bits per heavy atom. The molecule has 0 saturated heterocycles. The van der Waals surface area contributed by atoms with Crippen molar-refractivity contribution >= 4 is 23.3 Å². The normalized spacial score (nSPS) is 26.4. The number of hydrogen-bond donors (Lipinski definition) is 1. The summed E-state index contributed by atoms with van der Waals surface area (Å²) in [4.78, 5) is 15.8. The van der Waals surface area contributed by atoms with Crippen molar-refractivity contribution in [2.75, 3.05) is 41.7 Å². The first-order chi connectivity index (χ1) is 14.0. The van der Waals surface area contributed by atoms with Crippen LogP contribution in [0.15, 0.2) is 18.7 Å². The second kappa shape index (κ2) is 12.1. The van der Waals surface area contributed by atoms with Gasteiger partial charge in [-0.25, -0.2) is 4.98 Å². The Balaban J connectivity index is 2.33. The van der Waals surface area contributed by atoms with Gasteiger partial charge in [0.25, 0.3) is 5.17 Å². The van der Waals surface area contributed by atoms with Crippen molar-refractivity contribution in [2.45, 2.75) is 37.4 Å². The standard InChI is InChI=1S/C17H27N3O8S/c1-11(21)19-12-13(25-8-22-2)15(26-9-23-3)16(27-10-24-4)14(12)28-17(29)20-6-5-18-7-20/h5-7,12-16H,8-10H2,1-4H3,(H,19,21)/t12-,13-,14-,15+,16+/m0/s1. The average molecular weight is 433 g/mol. The second-order valence-corrected chi connectivity index (χ2v) is 6.51. The highest BCUT2D eigenvalue weighted by atomic mass is 32.1. The molecule has 29 heavy (non-hydrogen) atoms. The number of carbonyl (C=O) groups excluding carboxylic acids is 1. The smallest absolute Gasteiger partial charge is 0.269 e. The van der Waals surface area contributed by atoms with Crippen molar-refractivity contribution in [2.24, 2.45) is 0 Å². The molecule has 1 heterocycles. The average Bonchev–Trinajstić information content (AvgIpc) is 3.31. The Labute approximate surface area is 174 Å². The maximum absolute atomic E-state index is 11.9. The first kappa shape index (κ1) is 23.6. The van der Waals surface area contributed by atoms with Crippen LogP contribution in [-0.2, 0) is 38.0 Å². The largest absolute Gasteiger partial charge is 0.462 e. The van der Waals surface area contributed by atoms with Gasteiger partial charge in [0.1, 0.15) is 45.0 Å². The molecule has 1 aromatic heterocycles. The molecule has 1 aliphatic carbocycles. The Bertz CT molecular complexity index is 632. The third kappa shape index (κ3) is 6.40. The molecule has 0 aromatic carbocycles. The molecule has 0 radical (unpaired) electrons. The lowest BCUT2D eigenvalue weighted by Crippen LogP contribution is -2.50. The van der Waals surface area contributed by atoms with Gasteiger partial charge >= 0.3 is 0 Å². The highest BCUT2D eigenvalue weighted by Gasteiger charge is 2.55. The molecule has 1 amide bonds. The van der Waals surface area contributed by atoms with Crippen molar-refractivity contribution in [3.8, 4) is 0 Å². The van der Waals surface area contributed by atoms with E-state index in [1.165, 1.54) is 39.1 Å². The summed E-state index contributed by atoms with van der Waals surface area (Å²) in [5.74, 6) is -0.277. The first-order valence-electron chi connectivity index (χ1n) is 8.81. The van der Waals surface area contributed by atoms with Crippen molar-refractivity contribution < 1.29 is 38.0 Å². The third-order valence-electron chi connectivity index (χ3n) is 4.14. The summed E-state index contributed by atoms with van der Waals surface area (Å²) < 4.78 is 40.1. The zero-order chi connectivity index (χ0) is 21.2. The molecule has 1 fully saturated rings. The fourth-order valence-corrected chi connectivity index (χ4v) is 3.29. The number of ether oxygens (including phenoxy) is 7. The number of nitrogens with zero attached hydrogens (tertiary/aromatic N) is 2. The summed E-state index contributed by atoms with van der Waals surface area (Å²) >= 11 is 5.37. The van der Waals surface area contributed by atoms with Gasteiger partial charge in [-0.1, -0.05) is 0 Å². The quantitative estimate of drug-likeness (QED) is 0.375. The van der Waals surface area contributed by atoms with Crippen molar-refractivity contribution in [3.63, 3.8) is 0 Å². The van der Waals surface area contributed by atoms with Gasteiger partial charge in [0.15, 0.2) is 6.10 Å². The minimum Gasteiger partial charge on any atom is -0.462 e. The Morgan fingerprint density at radius 2 is 1.55 bits per heavy atom. The number of thiocarbonyl (C=S) groups is 1. The van der Waals surface area contributed by atoms with Gasteiger partial charge in [-0.2, -0.15) is 0 Å². The molecule has 12 heteroatoms. The summed E-state index contributed by atoms with van der Waals surface area (Å²) in [7, 11) is 4.49. The lowest BCUT2D eigenvalue weighted by Gasteiger charge is -2.27. The number of rotatable bonds is 11. The fourth-order valence-electron chi connectivity index (χ4n) is 3.07. The predicted octanol–water partition coefficient (Wildman–Crippen LogP) is -0.113. The SMILES string of the molecule is COCO[C@H]1[C@H](OCOC)[C@@H](OC(=S)n2ccnc2)[C@@H](NC(C)=O)[C@@H]1OCOC. The molecule has 0 unspecified atom stereocenters. The third-order valence-corrected chi connectivity index (χ3v) is 4.44. The molecule has 1 saturated carbocycles. The molecule has 164 valence electrons. The van der Waals surface area contributed by atoms with Crippen LogP contribution in [-0.4, -0.2) is 92.8 Å². The first-order valence-corrected chi connectivity index (χ1v) is 9.22. The van der Waals surface area contributed by atoms with Crippen LogP contribution in [0.2, 0.25) is 0 Å². The molecular weight excluding hydrogens is 406 g/mol. The van der Waals surface area contributed by atoms with Crippen molar-refractivity contribution in [3.05, 3.63) is 18.7 Å². The molecule has 1 N–H and O–H groups in total. The fraction of sp³-hybridized carbons (Fsp3) is 0.706. The number of aromatic nitrogens is 2. The van der Waals surface area contributed by atoms with Crippen LogP contribution in [0.5, 0.6) is 0 Å². The monoisotopic (exact) mass is 433 g/mol. The molecular formula is C17H27N3O8S. The molecule has 5 atom stereocenters. The Kier molecular flexibility index (Phi) is 9.87. The van der Waals surface area contributed by atoms with E-state index in [2.05, 4.69) is 10.3 Å². The molecule has 0 aliphatic heterocycles. The summed E-state index contributed by atoms with van der Waals surface area (Å²) in [6.45, 7) is 1.32. The maximum Gasteiger partial charge on any atom is 0.269 e. The zero-order valence-corrected chi connectivity index (χ0v) is 17.6. The number of hydrogen-bond acceptors (Lipinski definition) is 10. The van der Waals surface area contributed by atoms with E-state index in [0.29, 0.717) is 0 Å². The van der Waals surface area contributed by atoms with E-state index < -0.39 is 30.5 Å². The lowest BCUT2D eigenvalue weighted by molar-refractivity contribution is -0.192. The van der Waals surface area contributed by atoms with E-state index in [1.807, 2.05) is 0 Å². The van der Waals surface area contributed by atoms with E-state index in [-0.39, 0.29) is 31.5 Å². The van der Waals surface area contributed by atoms with Crippen LogP contribution in [0.1, 0.15) is 6.92 Å². The van der Waals surface area contributed by atoms with E-state index >= 15 is 0 Å². The molecule has 2 rings (SSSR count). The van der Waals surface area contributed by atoms with Gasteiger partial charge in [-0.05, 0) is 12.2 Å². The highest BCUT2D eigenvalue weighted by Crippen LogP contribution is 2.32. The van der Waals surface area contributed by atoms with Gasteiger partial charge < -0.3 is 38.5 Å². The van der Waals surface area contributed by atoms with E-state index in [1.54, 1.807) is 12.4 Å². The summed E-state index contributed by atoms with van der Waals surface area (Å²) in [5, 5.41) is 2.97. The van der Waals surface area contributed by atoms with Crippen LogP contribution in [0, 0.1) is 0 Å². The minimum absolute atomic E-state index is 0.0180. The molecule has 0 bridgehead atoms. The summed E-state index contributed by atoms with van der Waals surface area (Å²) in [5.41, 5.74) is 0. The number of amides is 1. The summed E-state index contributed by atoms with van der Waals surface area (Å²) in [6.07, 6.45) is 1.97. The number of carbonyl (C=O) groups is 1. The van der Waals surface area contributed by atoms with Gasteiger partial charge in [-0.3, -0.25) is 9.36 Å².